The third-order valence-electron chi connectivity index (χ3n) is 3.35. The van der Waals surface area contributed by atoms with Gasteiger partial charge in [-0.15, -0.1) is 0 Å². The van der Waals surface area contributed by atoms with Crippen molar-refractivity contribution < 1.29 is 4.74 Å². The Labute approximate surface area is 74.9 Å². The third kappa shape index (κ3) is 1.64. The molecule has 1 saturated heterocycles. The topological polar surface area (TPSA) is 12.5 Å². The lowest BCUT2D eigenvalue weighted by Crippen LogP contribution is -2.31. The van der Waals surface area contributed by atoms with Crippen LogP contribution < -0.4 is 0 Å². The summed E-state index contributed by atoms with van der Waals surface area (Å²) in [6.45, 7) is 3.40. The molecule has 1 aliphatic carbocycles. The lowest BCUT2D eigenvalue weighted by atomic mass is 9.90. The molecule has 70 valence electrons. The number of hydrogen-bond acceptors (Lipinski definition) is 2. The summed E-state index contributed by atoms with van der Waals surface area (Å²) in [7, 11) is 1.79. The van der Waals surface area contributed by atoms with Crippen molar-refractivity contribution in [3.63, 3.8) is 0 Å². The summed E-state index contributed by atoms with van der Waals surface area (Å²) < 4.78 is 5.11. The van der Waals surface area contributed by atoms with Crippen molar-refractivity contribution in [1.82, 2.24) is 4.90 Å². The Balaban J connectivity index is 1.83. The van der Waals surface area contributed by atoms with Crippen LogP contribution in [0.25, 0.3) is 0 Å². The van der Waals surface area contributed by atoms with E-state index in [9.17, 15) is 0 Å². The Morgan fingerprint density at radius 2 is 2.33 bits per heavy atom. The maximum atomic E-state index is 5.11. The molecule has 2 aliphatic rings. The monoisotopic (exact) mass is 169 g/mol. The Bertz CT molecular complexity index is 149. The Morgan fingerprint density at radius 1 is 1.42 bits per heavy atom. The molecule has 0 aromatic rings. The zero-order chi connectivity index (χ0) is 8.39. The molecule has 1 heterocycles. The molecule has 2 nitrogen and oxygen atoms in total. The van der Waals surface area contributed by atoms with Gasteiger partial charge in [0.25, 0.3) is 0 Å². The van der Waals surface area contributed by atoms with Crippen LogP contribution in [0.2, 0.25) is 0 Å². The summed E-state index contributed by atoms with van der Waals surface area (Å²) in [5.74, 6) is 1.01. The number of hydrogen-bond donors (Lipinski definition) is 0. The van der Waals surface area contributed by atoms with Crippen molar-refractivity contribution in [2.75, 3.05) is 26.8 Å². The van der Waals surface area contributed by atoms with E-state index in [1.807, 2.05) is 0 Å². The van der Waals surface area contributed by atoms with Gasteiger partial charge in [-0.2, -0.15) is 0 Å². The molecule has 2 bridgehead atoms. The van der Waals surface area contributed by atoms with Crippen molar-refractivity contribution in [2.45, 2.75) is 31.7 Å². The van der Waals surface area contributed by atoms with Crippen LogP contribution in [0.4, 0.5) is 0 Å². The van der Waals surface area contributed by atoms with Crippen LogP contribution in [0, 0.1) is 5.92 Å². The van der Waals surface area contributed by atoms with Gasteiger partial charge in [-0.05, 0) is 25.2 Å². The number of ether oxygens (including phenoxy) is 1. The van der Waals surface area contributed by atoms with Crippen molar-refractivity contribution in [1.29, 1.82) is 0 Å². The number of nitrogens with zero attached hydrogens (tertiary/aromatic N) is 1. The van der Waals surface area contributed by atoms with Crippen molar-refractivity contribution in [3.8, 4) is 0 Å². The molecule has 0 radical (unpaired) electrons. The molecule has 1 aliphatic heterocycles. The van der Waals surface area contributed by atoms with Gasteiger partial charge in [0.2, 0.25) is 0 Å². The first-order chi connectivity index (χ1) is 5.90. The second kappa shape index (κ2) is 3.75. The van der Waals surface area contributed by atoms with E-state index in [1.54, 1.807) is 7.11 Å². The minimum absolute atomic E-state index is 0.902. The summed E-state index contributed by atoms with van der Waals surface area (Å²) in [6, 6.07) is 0.902. The van der Waals surface area contributed by atoms with Crippen molar-refractivity contribution in [3.05, 3.63) is 0 Å². The Kier molecular flexibility index (Phi) is 2.66. The molecule has 2 heteroatoms. The highest BCUT2D eigenvalue weighted by atomic mass is 16.5. The quantitative estimate of drug-likeness (QED) is 0.635. The van der Waals surface area contributed by atoms with E-state index in [2.05, 4.69) is 4.90 Å². The van der Waals surface area contributed by atoms with E-state index in [0.29, 0.717) is 0 Å². The van der Waals surface area contributed by atoms with Crippen LogP contribution in [0.15, 0.2) is 0 Å². The van der Waals surface area contributed by atoms with Crippen molar-refractivity contribution >= 4 is 0 Å². The second-order valence-electron chi connectivity index (χ2n) is 4.17. The first-order valence-corrected chi connectivity index (χ1v) is 5.13. The molecule has 0 N–H and O–H groups in total. The molecule has 1 saturated carbocycles. The molecule has 12 heavy (non-hydrogen) atoms. The van der Waals surface area contributed by atoms with Gasteiger partial charge in [0, 0.05) is 26.2 Å². The van der Waals surface area contributed by atoms with Gasteiger partial charge in [-0.25, -0.2) is 0 Å². The van der Waals surface area contributed by atoms with E-state index < -0.39 is 0 Å². The van der Waals surface area contributed by atoms with E-state index in [-0.39, 0.29) is 0 Å². The Morgan fingerprint density at radius 3 is 3.08 bits per heavy atom. The smallest absolute Gasteiger partial charge is 0.0589 e. The fraction of sp³-hybridized carbons (Fsp3) is 1.00. The van der Waals surface area contributed by atoms with Crippen LogP contribution in [-0.2, 0) is 4.74 Å². The highest BCUT2D eigenvalue weighted by molar-refractivity contribution is 4.88. The van der Waals surface area contributed by atoms with Crippen LogP contribution in [0.1, 0.15) is 25.7 Å². The normalized spacial score (nSPS) is 35.8. The predicted octanol–water partition coefficient (Wildman–Crippen LogP) is 1.51. The molecule has 2 rings (SSSR count). The van der Waals surface area contributed by atoms with Gasteiger partial charge in [-0.1, -0.05) is 6.42 Å². The van der Waals surface area contributed by atoms with E-state index in [4.69, 9.17) is 4.74 Å². The minimum Gasteiger partial charge on any atom is -0.383 e. The van der Waals surface area contributed by atoms with Gasteiger partial charge in [-0.3, -0.25) is 4.90 Å². The van der Waals surface area contributed by atoms with Gasteiger partial charge in [0.1, 0.15) is 0 Å². The van der Waals surface area contributed by atoms with Crippen LogP contribution in [0.3, 0.4) is 0 Å². The summed E-state index contributed by atoms with van der Waals surface area (Å²) in [5, 5.41) is 0. The number of likely N-dealkylation sites (tertiary alicyclic amines) is 1. The lowest BCUT2D eigenvalue weighted by molar-refractivity contribution is 0.139. The summed E-state index contributed by atoms with van der Waals surface area (Å²) in [5.41, 5.74) is 0. The van der Waals surface area contributed by atoms with Gasteiger partial charge < -0.3 is 4.74 Å². The average molecular weight is 169 g/mol. The molecular weight excluding hydrogens is 150 g/mol. The molecule has 2 atom stereocenters. The van der Waals surface area contributed by atoms with Crippen LogP contribution in [0.5, 0.6) is 0 Å². The molecule has 2 fully saturated rings. The van der Waals surface area contributed by atoms with Gasteiger partial charge in [0.15, 0.2) is 0 Å². The standard InChI is InChI=1S/C10H19NO/c1-12-6-5-11-8-9-3-2-4-10(11)7-9/h9-10H,2-8H2,1H3. The second-order valence-corrected chi connectivity index (χ2v) is 4.17. The Hall–Kier alpha value is -0.0800. The van der Waals surface area contributed by atoms with Gasteiger partial charge in [0.05, 0.1) is 6.61 Å². The zero-order valence-corrected chi connectivity index (χ0v) is 7.96. The first kappa shape index (κ1) is 8.52. The summed E-state index contributed by atoms with van der Waals surface area (Å²) >= 11 is 0. The summed E-state index contributed by atoms with van der Waals surface area (Å²) in [6.07, 6.45) is 5.82. The van der Waals surface area contributed by atoms with Crippen LogP contribution >= 0.6 is 0 Å². The maximum absolute atomic E-state index is 5.11. The number of methoxy groups -OCH3 is 1. The van der Waals surface area contributed by atoms with E-state index >= 15 is 0 Å². The SMILES string of the molecule is COCCN1CC2CCCC1C2. The first-order valence-electron chi connectivity index (χ1n) is 5.13. The molecule has 0 spiro atoms. The van der Waals surface area contributed by atoms with E-state index in [1.165, 1.54) is 32.2 Å². The fourth-order valence-electron chi connectivity index (χ4n) is 2.72. The third-order valence-corrected chi connectivity index (χ3v) is 3.35. The highest BCUT2D eigenvalue weighted by Crippen LogP contribution is 2.34. The zero-order valence-electron chi connectivity index (χ0n) is 7.96. The number of fused-ring (bicyclic) bond motifs is 2. The number of rotatable bonds is 3. The van der Waals surface area contributed by atoms with Gasteiger partial charge >= 0.3 is 0 Å². The molecule has 0 aromatic heterocycles. The van der Waals surface area contributed by atoms with Crippen molar-refractivity contribution in [2.24, 2.45) is 5.92 Å². The van der Waals surface area contributed by atoms with E-state index in [0.717, 1.165) is 25.1 Å². The largest absolute Gasteiger partial charge is 0.383 e. The molecular formula is C10H19NO. The lowest BCUT2D eigenvalue weighted by Gasteiger charge is -2.23. The molecule has 0 aromatic carbocycles. The maximum Gasteiger partial charge on any atom is 0.0589 e. The fourth-order valence-corrected chi connectivity index (χ4v) is 2.72. The average Bonchev–Trinajstić information content (AvgIpc) is 2.38. The van der Waals surface area contributed by atoms with Crippen LogP contribution in [-0.4, -0.2) is 37.7 Å². The summed E-state index contributed by atoms with van der Waals surface area (Å²) in [4.78, 5) is 2.63. The molecule has 2 unspecified atom stereocenters. The molecule has 0 amide bonds. The minimum atomic E-state index is 0.902. The highest BCUT2D eigenvalue weighted by Gasteiger charge is 2.34. The predicted molar refractivity (Wildman–Crippen MR) is 49.2 cm³/mol.